The van der Waals surface area contributed by atoms with E-state index in [0.29, 0.717) is 23.4 Å². The Morgan fingerprint density at radius 2 is 1.33 bits per heavy atom. The van der Waals surface area contributed by atoms with Gasteiger partial charge in [0.2, 0.25) is 0 Å². The molecule has 3 aromatic rings. The second kappa shape index (κ2) is 11.6. The molecule has 39 heavy (non-hydrogen) atoms. The summed E-state index contributed by atoms with van der Waals surface area (Å²) in [6, 6.07) is 12.1. The number of anilines is 1. The number of benzene rings is 3. The zero-order valence-corrected chi connectivity index (χ0v) is 24.9. The molecule has 3 aromatic carbocycles. The van der Waals surface area contributed by atoms with Gasteiger partial charge >= 0.3 is 12.0 Å². The lowest BCUT2D eigenvalue weighted by atomic mass is 9.81. The molecule has 0 bridgehead atoms. The highest BCUT2D eigenvalue weighted by atomic mass is 16.5. The first-order valence-electron chi connectivity index (χ1n) is 13.4. The van der Waals surface area contributed by atoms with Gasteiger partial charge in [0.15, 0.2) is 6.10 Å². The van der Waals surface area contributed by atoms with Crippen LogP contribution in [0.5, 0.6) is 0 Å². The van der Waals surface area contributed by atoms with Crippen LogP contribution in [0, 0.1) is 41.5 Å². The highest BCUT2D eigenvalue weighted by molar-refractivity contribution is 6.01. The van der Waals surface area contributed by atoms with Crippen molar-refractivity contribution in [2.24, 2.45) is 0 Å². The van der Waals surface area contributed by atoms with Crippen molar-refractivity contribution >= 4 is 17.7 Å². The number of hydrogen-bond donors (Lipinski definition) is 3. The summed E-state index contributed by atoms with van der Waals surface area (Å²) in [6.07, 6.45) is -1.25. The fourth-order valence-corrected chi connectivity index (χ4v) is 4.94. The summed E-state index contributed by atoms with van der Waals surface area (Å²) in [5, 5.41) is 16.3. The molecule has 6 heteroatoms. The molecule has 3 rings (SSSR count). The molecule has 0 aliphatic carbocycles. The average molecular weight is 531 g/mol. The van der Waals surface area contributed by atoms with Crippen molar-refractivity contribution in [3.8, 4) is 22.3 Å². The number of carbonyl (C=O) groups is 2. The standard InChI is InChI=1S/C33H42N2O4/c1-11-34-32(38)35-29-23(7)28(30(31(36)37)39-33(8,9)10)26(24-14-12-18(2)20(4)16-24)22(6)27(29)25-15-13-19(3)21(5)17-25/h12-17,30H,11H2,1-10H3,(H,36,37)(H2,34,35,38). The number of rotatable bonds is 7. The van der Waals surface area contributed by atoms with E-state index in [2.05, 4.69) is 68.7 Å². The predicted molar refractivity (Wildman–Crippen MR) is 160 cm³/mol. The maximum atomic E-state index is 12.9. The van der Waals surface area contributed by atoms with Crippen LogP contribution >= 0.6 is 0 Å². The Morgan fingerprint density at radius 1 is 0.821 bits per heavy atom. The zero-order valence-electron chi connectivity index (χ0n) is 24.9. The van der Waals surface area contributed by atoms with Crippen LogP contribution in [0.3, 0.4) is 0 Å². The van der Waals surface area contributed by atoms with Crippen LogP contribution in [0.2, 0.25) is 0 Å². The third-order valence-corrected chi connectivity index (χ3v) is 7.17. The first-order valence-corrected chi connectivity index (χ1v) is 13.4. The van der Waals surface area contributed by atoms with Crippen LogP contribution in [-0.4, -0.2) is 29.3 Å². The van der Waals surface area contributed by atoms with Crippen molar-refractivity contribution in [1.29, 1.82) is 0 Å². The Kier molecular flexibility index (Phi) is 8.91. The second-order valence-corrected chi connectivity index (χ2v) is 11.3. The number of aliphatic carboxylic acids is 1. The largest absolute Gasteiger partial charge is 0.479 e. The van der Waals surface area contributed by atoms with Crippen molar-refractivity contribution in [2.75, 3.05) is 11.9 Å². The highest BCUT2D eigenvalue weighted by Crippen LogP contribution is 2.47. The molecule has 3 N–H and O–H groups in total. The first kappa shape index (κ1) is 29.9. The van der Waals surface area contributed by atoms with E-state index in [9.17, 15) is 14.7 Å². The minimum atomic E-state index is -1.25. The molecule has 0 fully saturated rings. The van der Waals surface area contributed by atoms with Gasteiger partial charge < -0.3 is 20.5 Å². The van der Waals surface area contributed by atoms with Crippen LogP contribution in [0.4, 0.5) is 10.5 Å². The molecular formula is C33H42N2O4. The number of carboxylic acid groups (broad SMARTS) is 1. The topological polar surface area (TPSA) is 87.7 Å². The first-order chi connectivity index (χ1) is 18.2. The normalized spacial score (nSPS) is 12.3. The molecular weight excluding hydrogens is 488 g/mol. The van der Waals surface area contributed by atoms with E-state index in [-0.39, 0.29) is 6.03 Å². The third-order valence-electron chi connectivity index (χ3n) is 7.17. The van der Waals surface area contributed by atoms with Crippen LogP contribution in [0.25, 0.3) is 22.3 Å². The maximum absolute atomic E-state index is 12.9. The second-order valence-electron chi connectivity index (χ2n) is 11.3. The molecule has 1 atom stereocenters. The van der Waals surface area contributed by atoms with Gasteiger partial charge in [0, 0.05) is 17.7 Å². The van der Waals surface area contributed by atoms with Crippen LogP contribution < -0.4 is 10.6 Å². The number of carboxylic acids is 1. The predicted octanol–water partition coefficient (Wildman–Crippen LogP) is 7.95. The summed E-state index contributed by atoms with van der Waals surface area (Å²) in [5.74, 6) is -1.08. The Bertz CT molecular complexity index is 1420. The minimum Gasteiger partial charge on any atom is -0.479 e. The number of aryl methyl sites for hydroxylation is 4. The van der Waals surface area contributed by atoms with Crippen molar-refractivity contribution in [3.05, 3.63) is 75.3 Å². The van der Waals surface area contributed by atoms with E-state index in [1.54, 1.807) is 0 Å². The number of amides is 2. The summed E-state index contributed by atoms with van der Waals surface area (Å²) in [5.41, 5.74) is 10.0. The molecule has 0 spiro atoms. The molecule has 0 saturated heterocycles. The van der Waals surface area contributed by atoms with E-state index in [0.717, 1.165) is 44.5 Å². The molecule has 1 unspecified atom stereocenters. The molecule has 6 nitrogen and oxygen atoms in total. The van der Waals surface area contributed by atoms with Crippen molar-refractivity contribution in [1.82, 2.24) is 5.32 Å². The Labute approximate surface area is 232 Å². The fraction of sp³-hybridized carbons (Fsp3) is 0.394. The molecule has 0 aliphatic rings. The van der Waals surface area contributed by atoms with Gasteiger partial charge in [-0.1, -0.05) is 36.4 Å². The van der Waals surface area contributed by atoms with Crippen molar-refractivity contribution in [3.63, 3.8) is 0 Å². The molecule has 208 valence electrons. The summed E-state index contributed by atoms with van der Waals surface area (Å²) in [4.78, 5) is 25.7. The summed E-state index contributed by atoms with van der Waals surface area (Å²) in [7, 11) is 0. The van der Waals surface area contributed by atoms with E-state index < -0.39 is 17.7 Å². The summed E-state index contributed by atoms with van der Waals surface area (Å²) >= 11 is 0. The number of nitrogens with one attached hydrogen (secondary N) is 2. The van der Waals surface area contributed by atoms with Crippen LogP contribution in [-0.2, 0) is 9.53 Å². The van der Waals surface area contributed by atoms with E-state index >= 15 is 0 Å². The van der Waals surface area contributed by atoms with E-state index in [1.165, 1.54) is 5.56 Å². The number of hydrogen-bond acceptors (Lipinski definition) is 3. The lowest BCUT2D eigenvalue weighted by Crippen LogP contribution is -2.31. The molecule has 0 heterocycles. The smallest absolute Gasteiger partial charge is 0.337 e. The van der Waals surface area contributed by atoms with Crippen molar-refractivity contribution < 1.29 is 19.4 Å². The van der Waals surface area contributed by atoms with Gasteiger partial charge in [0.25, 0.3) is 0 Å². The minimum absolute atomic E-state index is 0.349. The fourth-order valence-electron chi connectivity index (χ4n) is 4.94. The van der Waals surface area contributed by atoms with Gasteiger partial charge in [-0.25, -0.2) is 9.59 Å². The molecule has 0 aliphatic heterocycles. The lowest BCUT2D eigenvalue weighted by Gasteiger charge is -2.31. The lowest BCUT2D eigenvalue weighted by molar-refractivity contribution is -0.160. The summed E-state index contributed by atoms with van der Waals surface area (Å²) < 4.78 is 6.20. The van der Waals surface area contributed by atoms with E-state index in [1.807, 2.05) is 47.6 Å². The number of urea groups is 1. The molecule has 0 aromatic heterocycles. The van der Waals surface area contributed by atoms with Gasteiger partial charge in [0.1, 0.15) is 0 Å². The van der Waals surface area contributed by atoms with Crippen LogP contribution in [0.15, 0.2) is 36.4 Å². The molecule has 0 saturated carbocycles. The Balaban J connectivity index is 2.54. The average Bonchev–Trinajstić information content (AvgIpc) is 2.83. The van der Waals surface area contributed by atoms with Gasteiger partial charge in [-0.15, -0.1) is 0 Å². The third kappa shape index (κ3) is 6.51. The van der Waals surface area contributed by atoms with Crippen LogP contribution in [0.1, 0.15) is 72.7 Å². The van der Waals surface area contributed by atoms with Gasteiger partial charge in [-0.2, -0.15) is 0 Å². The zero-order chi connectivity index (χ0) is 29.2. The highest BCUT2D eigenvalue weighted by Gasteiger charge is 2.34. The van der Waals surface area contributed by atoms with E-state index in [4.69, 9.17) is 4.74 Å². The number of carbonyl (C=O) groups excluding carboxylic acids is 1. The molecule has 2 amide bonds. The Morgan fingerprint density at radius 3 is 1.77 bits per heavy atom. The SMILES string of the molecule is CCNC(=O)Nc1c(C)c(C(OC(C)(C)C)C(=O)O)c(-c2ccc(C)c(C)c2)c(C)c1-c1ccc(C)c(C)c1. The molecule has 0 radical (unpaired) electrons. The van der Waals surface area contributed by atoms with Crippen molar-refractivity contribution in [2.45, 2.75) is 80.9 Å². The van der Waals surface area contributed by atoms with Gasteiger partial charge in [-0.05, 0) is 119 Å². The monoisotopic (exact) mass is 530 g/mol. The Hall–Kier alpha value is -3.64. The van der Waals surface area contributed by atoms with Gasteiger partial charge in [0.05, 0.1) is 11.3 Å². The maximum Gasteiger partial charge on any atom is 0.337 e. The summed E-state index contributed by atoms with van der Waals surface area (Å²) in [6.45, 7) is 20.0. The van der Waals surface area contributed by atoms with Gasteiger partial charge in [-0.3, -0.25) is 0 Å². The number of ether oxygens (including phenoxy) is 1. The quantitative estimate of drug-likeness (QED) is 0.289.